The Morgan fingerprint density at radius 2 is 1.96 bits per heavy atom. The Balaban J connectivity index is 1.38. The highest BCUT2D eigenvalue weighted by Crippen LogP contribution is 2.28. The van der Waals surface area contributed by atoms with E-state index < -0.39 is 0 Å². The lowest BCUT2D eigenvalue weighted by atomic mass is 10.1. The maximum Gasteiger partial charge on any atom is 0.223 e. The van der Waals surface area contributed by atoms with Crippen LogP contribution in [0.3, 0.4) is 0 Å². The van der Waals surface area contributed by atoms with Crippen LogP contribution in [0.15, 0.2) is 61.1 Å². The maximum absolute atomic E-state index is 9.55. The zero-order valence-electron chi connectivity index (χ0n) is 14.5. The van der Waals surface area contributed by atoms with Crippen molar-refractivity contribution in [3.05, 3.63) is 66.1 Å². The molecular weight excluding hydrogens is 362 g/mol. The highest BCUT2D eigenvalue weighted by atomic mass is 35.5. The van der Waals surface area contributed by atoms with Crippen LogP contribution in [0.2, 0.25) is 5.02 Å². The molecule has 6 nitrogen and oxygen atoms in total. The minimum Gasteiger partial charge on any atom is -0.506 e. The minimum atomic E-state index is 0.0554. The first-order chi connectivity index (χ1) is 13.2. The molecule has 2 aromatic heterocycles. The Morgan fingerprint density at radius 3 is 2.85 bits per heavy atom. The molecule has 2 heterocycles. The van der Waals surface area contributed by atoms with Crippen LogP contribution in [0.25, 0.3) is 22.3 Å². The zero-order valence-corrected chi connectivity index (χ0v) is 15.3. The SMILES string of the molecule is Oc1ccc(-c2ccnc(NCCCn3cnc4ccccc43)n2)cc1Cl. The van der Waals surface area contributed by atoms with E-state index in [-0.39, 0.29) is 5.75 Å². The van der Waals surface area contributed by atoms with Crippen LogP contribution >= 0.6 is 11.6 Å². The van der Waals surface area contributed by atoms with Crippen molar-refractivity contribution < 1.29 is 5.11 Å². The standard InChI is InChI=1S/C20H18ClN5O/c21-15-12-14(6-7-19(15)27)16-8-10-23-20(25-16)22-9-3-11-26-13-24-17-4-1-2-5-18(17)26/h1-2,4-8,10,12-13,27H,3,9,11H2,(H,22,23,25). The van der Waals surface area contributed by atoms with Gasteiger partial charge in [-0.1, -0.05) is 23.7 Å². The van der Waals surface area contributed by atoms with Gasteiger partial charge in [0.25, 0.3) is 0 Å². The normalized spacial score (nSPS) is 11.0. The van der Waals surface area contributed by atoms with Gasteiger partial charge < -0.3 is 15.0 Å². The fourth-order valence-electron chi connectivity index (χ4n) is 2.91. The van der Waals surface area contributed by atoms with Crippen molar-refractivity contribution in [3.8, 4) is 17.0 Å². The number of hydrogen-bond acceptors (Lipinski definition) is 5. The van der Waals surface area contributed by atoms with Gasteiger partial charge in [0, 0.05) is 24.8 Å². The van der Waals surface area contributed by atoms with Gasteiger partial charge in [-0.05, 0) is 42.8 Å². The van der Waals surface area contributed by atoms with E-state index in [1.54, 1.807) is 24.4 Å². The van der Waals surface area contributed by atoms with Gasteiger partial charge in [-0.25, -0.2) is 15.0 Å². The minimum absolute atomic E-state index is 0.0554. The van der Waals surface area contributed by atoms with E-state index in [1.807, 2.05) is 30.6 Å². The summed E-state index contributed by atoms with van der Waals surface area (Å²) in [6.07, 6.45) is 4.49. The number of nitrogens with zero attached hydrogens (tertiary/aromatic N) is 4. The maximum atomic E-state index is 9.55. The number of hydrogen-bond donors (Lipinski definition) is 2. The number of aryl methyl sites for hydroxylation is 1. The summed E-state index contributed by atoms with van der Waals surface area (Å²) >= 11 is 5.98. The molecule has 0 fully saturated rings. The highest BCUT2D eigenvalue weighted by molar-refractivity contribution is 6.32. The fraction of sp³-hybridized carbons (Fsp3) is 0.150. The molecule has 27 heavy (non-hydrogen) atoms. The predicted molar refractivity (Wildman–Crippen MR) is 107 cm³/mol. The molecule has 0 saturated heterocycles. The van der Waals surface area contributed by atoms with Gasteiger partial charge in [0.05, 0.1) is 28.1 Å². The lowest BCUT2D eigenvalue weighted by Gasteiger charge is -2.08. The van der Waals surface area contributed by atoms with Crippen molar-refractivity contribution in [1.29, 1.82) is 0 Å². The predicted octanol–water partition coefficient (Wildman–Crippen LogP) is 4.35. The van der Waals surface area contributed by atoms with Crippen molar-refractivity contribution >= 4 is 28.6 Å². The average molecular weight is 380 g/mol. The summed E-state index contributed by atoms with van der Waals surface area (Å²) in [6.45, 7) is 1.60. The molecule has 0 radical (unpaired) electrons. The first-order valence-electron chi connectivity index (χ1n) is 8.66. The number of benzene rings is 2. The van der Waals surface area contributed by atoms with Crippen molar-refractivity contribution in [1.82, 2.24) is 19.5 Å². The number of nitrogens with one attached hydrogen (secondary N) is 1. The Morgan fingerprint density at radius 1 is 1.07 bits per heavy atom. The third-order valence-corrected chi connectivity index (χ3v) is 4.59. The van der Waals surface area contributed by atoms with Crippen LogP contribution in [0.1, 0.15) is 6.42 Å². The number of imidazole rings is 1. The van der Waals surface area contributed by atoms with Gasteiger partial charge in [0.2, 0.25) is 5.95 Å². The molecule has 0 bridgehead atoms. The van der Waals surface area contributed by atoms with Gasteiger partial charge in [-0.15, -0.1) is 0 Å². The zero-order chi connectivity index (χ0) is 18.6. The second-order valence-corrected chi connectivity index (χ2v) is 6.55. The summed E-state index contributed by atoms with van der Waals surface area (Å²) < 4.78 is 2.15. The molecule has 0 spiro atoms. The first-order valence-corrected chi connectivity index (χ1v) is 9.04. The molecule has 0 amide bonds. The number of aromatic hydroxyl groups is 1. The second kappa shape index (κ2) is 7.63. The number of phenolic OH excluding ortho intramolecular Hbond substituents is 1. The van der Waals surface area contributed by atoms with Crippen molar-refractivity contribution in [2.45, 2.75) is 13.0 Å². The number of halogens is 1. The van der Waals surface area contributed by atoms with Gasteiger partial charge in [-0.3, -0.25) is 0 Å². The lowest BCUT2D eigenvalue weighted by molar-refractivity contribution is 0.475. The van der Waals surface area contributed by atoms with E-state index in [2.05, 4.69) is 30.9 Å². The van der Waals surface area contributed by atoms with E-state index >= 15 is 0 Å². The first kappa shape index (κ1) is 17.3. The highest BCUT2D eigenvalue weighted by Gasteiger charge is 2.06. The Labute approximate surface area is 161 Å². The quantitative estimate of drug-likeness (QED) is 0.487. The number of para-hydroxylation sites is 2. The fourth-order valence-corrected chi connectivity index (χ4v) is 3.09. The molecular formula is C20H18ClN5O. The number of anilines is 1. The summed E-state index contributed by atoms with van der Waals surface area (Å²) in [7, 11) is 0. The summed E-state index contributed by atoms with van der Waals surface area (Å²) in [4.78, 5) is 13.2. The molecule has 0 aliphatic carbocycles. The van der Waals surface area contributed by atoms with Crippen molar-refractivity contribution in [2.75, 3.05) is 11.9 Å². The molecule has 4 aromatic rings. The number of phenols is 1. The van der Waals surface area contributed by atoms with Crippen molar-refractivity contribution in [3.63, 3.8) is 0 Å². The van der Waals surface area contributed by atoms with Gasteiger partial charge in [0.1, 0.15) is 5.75 Å². The Bertz CT molecular complexity index is 1080. The number of rotatable bonds is 6. The van der Waals surface area contributed by atoms with Crippen molar-refractivity contribution in [2.24, 2.45) is 0 Å². The van der Waals surface area contributed by atoms with Crippen LogP contribution < -0.4 is 5.32 Å². The van der Waals surface area contributed by atoms with Gasteiger partial charge >= 0.3 is 0 Å². The van der Waals surface area contributed by atoms with Crippen LogP contribution in [0.5, 0.6) is 5.75 Å². The number of aromatic nitrogens is 4. The molecule has 0 aliphatic rings. The molecule has 0 saturated carbocycles. The van der Waals surface area contributed by atoms with E-state index in [0.717, 1.165) is 41.8 Å². The summed E-state index contributed by atoms with van der Waals surface area (Å²) in [6, 6.07) is 14.9. The van der Waals surface area contributed by atoms with Gasteiger partial charge in [0.15, 0.2) is 0 Å². The molecule has 0 atom stereocenters. The van der Waals surface area contributed by atoms with Gasteiger partial charge in [-0.2, -0.15) is 0 Å². The van der Waals surface area contributed by atoms with Crippen LogP contribution in [0, 0.1) is 0 Å². The molecule has 136 valence electrons. The molecule has 2 N–H and O–H groups in total. The van der Waals surface area contributed by atoms with E-state index in [4.69, 9.17) is 11.6 Å². The largest absolute Gasteiger partial charge is 0.506 e. The Kier molecular flexibility index (Phi) is 4.89. The monoisotopic (exact) mass is 379 g/mol. The molecule has 2 aromatic carbocycles. The summed E-state index contributed by atoms with van der Waals surface area (Å²) in [5.41, 5.74) is 3.72. The van der Waals surface area contributed by atoms with E-state index in [0.29, 0.717) is 11.0 Å². The molecule has 7 heteroatoms. The third-order valence-electron chi connectivity index (χ3n) is 4.29. The Hall–Kier alpha value is -3.12. The summed E-state index contributed by atoms with van der Waals surface area (Å²) in [5, 5.41) is 13.1. The molecule has 0 unspecified atom stereocenters. The van der Waals surface area contributed by atoms with Crippen LogP contribution in [-0.2, 0) is 6.54 Å². The average Bonchev–Trinajstić information content (AvgIpc) is 3.11. The molecule has 0 aliphatic heterocycles. The third kappa shape index (κ3) is 3.85. The van der Waals surface area contributed by atoms with Crippen LogP contribution in [-0.4, -0.2) is 31.2 Å². The smallest absolute Gasteiger partial charge is 0.223 e. The van der Waals surface area contributed by atoms with E-state index in [1.165, 1.54) is 0 Å². The topological polar surface area (TPSA) is 75.9 Å². The summed E-state index contributed by atoms with van der Waals surface area (Å²) in [5.74, 6) is 0.618. The molecule has 4 rings (SSSR count). The number of fused-ring (bicyclic) bond motifs is 1. The lowest BCUT2D eigenvalue weighted by Crippen LogP contribution is -2.08. The second-order valence-electron chi connectivity index (χ2n) is 6.14. The van der Waals surface area contributed by atoms with E-state index in [9.17, 15) is 5.11 Å². The van der Waals surface area contributed by atoms with Crippen LogP contribution in [0.4, 0.5) is 5.95 Å².